The van der Waals surface area contributed by atoms with E-state index in [1.165, 1.54) is 23.3 Å². The molecule has 0 saturated heterocycles. The van der Waals surface area contributed by atoms with E-state index in [0.717, 1.165) is 5.69 Å². The first kappa shape index (κ1) is 13.1. The Morgan fingerprint density at radius 2 is 1.44 bits per heavy atom. The maximum absolute atomic E-state index is 3.54. The van der Waals surface area contributed by atoms with Crippen molar-refractivity contribution in [3.8, 4) is 0 Å². The SMILES string of the molecule is CCP(CC)c1ccccc1Nc1ccccc1. The molecule has 0 aromatic heterocycles. The highest BCUT2D eigenvalue weighted by atomic mass is 31.1. The van der Waals surface area contributed by atoms with Crippen molar-refractivity contribution < 1.29 is 0 Å². The Morgan fingerprint density at radius 3 is 2.11 bits per heavy atom. The molecule has 2 rings (SSSR count). The average Bonchev–Trinajstić information content (AvgIpc) is 2.43. The molecule has 94 valence electrons. The van der Waals surface area contributed by atoms with Gasteiger partial charge in [-0.1, -0.05) is 58.2 Å². The van der Waals surface area contributed by atoms with E-state index in [1.807, 2.05) is 6.07 Å². The molecule has 0 fully saturated rings. The first-order chi connectivity index (χ1) is 8.85. The Hall–Kier alpha value is -1.33. The lowest BCUT2D eigenvalue weighted by Crippen LogP contribution is -2.09. The van der Waals surface area contributed by atoms with Crippen LogP contribution in [0.5, 0.6) is 0 Å². The van der Waals surface area contributed by atoms with Crippen LogP contribution in [0.1, 0.15) is 13.8 Å². The quantitative estimate of drug-likeness (QED) is 0.773. The Labute approximate surface area is 111 Å². The van der Waals surface area contributed by atoms with Crippen LogP contribution in [0.15, 0.2) is 54.6 Å². The number of rotatable bonds is 5. The fraction of sp³-hybridized carbons (Fsp3) is 0.250. The molecule has 1 N–H and O–H groups in total. The van der Waals surface area contributed by atoms with Crippen LogP contribution in [0, 0.1) is 0 Å². The van der Waals surface area contributed by atoms with Crippen molar-refractivity contribution >= 4 is 24.6 Å². The molecule has 0 saturated carbocycles. The Bertz CT molecular complexity index is 477. The summed E-state index contributed by atoms with van der Waals surface area (Å²) in [5, 5.41) is 5.03. The van der Waals surface area contributed by atoms with Gasteiger partial charge in [0.2, 0.25) is 0 Å². The molecule has 2 aromatic carbocycles. The minimum absolute atomic E-state index is 0.0308. The second-order valence-corrected chi connectivity index (χ2v) is 7.01. The van der Waals surface area contributed by atoms with Gasteiger partial charge in [0.05, 0.1) is 0 Å². The lowest BCUT2D eigenvalue weighted by Gasteiger charge is -2.19. The highest BCUT2D eigenvalue weighted by Gasteiger charge is 2.10. The minimum Gasteiger partial charge on any atom is -0.355 e. The molecule has 0 atom stereocenters. The molecule has 18 heavy (non-hydrogen) atoms. The molecule has 0 aliphatic heterocycles. The summed E-state index contributed by atoms with van der Waals surface area (Å²) in [6.07, 6.45) is 2.50. The fourth-order valence-corrected chi connectivity index (χ4v) is 3.99. The third-order valence-corrected chi connectivity index (χ3v) is 5.66. The van der Waals surface area contributed by atoms with Crippen LogP contribution >= 0.6 is 7.92 Å². The normalized spacial score (nSPS) is 10.6. The standard InChI is InChI=1S/C16H20NP/c1-3-18(4-2)16-13-9-8-12-15(16)17-14-10-6-5-7-11-14/h5-13,17H,3-4H2,1-2H3. The topological polar surface area (TPSA) is 12.0 Å². The summed E-state index contributed by atoms with van der Waals surface area (Å²) in [5.74, 6) is 0. The molecule has 0 radical (unpaired) electrons. The van der Waals surface area contributed by atoms with Gasteiger partial charge < -0.3 is 5.32 Å². The van der Waals surface area contributed by atoms with Crippen molar-refractivity contribution in [3.63, 3.8) is 0 Å². The van der Waals surface area contributed by atoms with E-state index >= 15 is 0 Å². The van der Waals surface area contributed by atoms with Crippen LogP contribution < -0.4 is 10.6 Å². The number of hydrogen-bond donors (Lipinski definition) is 1. The van der Waals surface area contributed by atoms with Crippen LogP contribution in [0.3, 0.4) is 0 Å². The number of hydrogen-bond acceptors (Lipinski definition) is 1. The maximum Gasteiger partial charge on any atom is 0.0462 e. The summed E-state index contributed by atoms with van der Waals surface area (Å²) in [4.78, 5) is 0. The van der Waals surface area contributed by atoms with Crippen LogP contribution in [-0.4, -0.2) is 12.3 Å². The smallest absolute Gasteiger partial charge is 0.0462 e. The van der Waals surface area contributed by atoms with Gasteiger partial charge in [-0.05, 0) is 35.8 Å². The molecule has 0 amide bonds. The lowest BCUT2D eigenvalue weighted by atomic mass is 10.3. The predicted molar refractivity (Wildman–Crippen MR) is 83.8 cm³/mol. The summed E-state index contributed by atoms with van der Waals surface area (Å²) < 4.78 is 0. The van der Waals surface area contributed by atoms with E-state index in [4.69, 9.17) is 0 Å². The Morgan fingerprint density at radius 1 is 0.833 bits per heavy atom. The zero-order valence-corrected chi connectivity index (χ0v) is 12.0. The van der Waals surface area contributed by atoms with Gasteiger partial charge in [0.15, 0.2) is 0 Å². The predicted octanol–water partition coefficient (Wildman–Crippen LogP) is 4.58. The largest absolute Gasteiger partial charge is 0.355 e. The molecule has 0 bridgehead atoms. The molecular weight excluding hydrogens is 237 g/mol. The summed E-state index contributed by atoms with van der Waals surface area (Å²) in [6.45, 7) is 4.57. The average molecular weight is 257 g/mol. The van der Waals surface area contributed by atoms with Gasteiger partial charge >= 0.3 is 0 Å². The third kappa shape index (κ3) is 3.11. The summed E-state index contributed by atoms with van der Waals surface area (Å²) in [6, 6.07) is 19.1. The number of nitrogens with one attached hydrogen (secondary N) is 1. The number of para-hydroxylation sites is 2. The molecule has 0 aliphatic carbocycles. The van der Waals surface area contributed by atoms with Crippen LogP contribution in [0.2, 0.25) is 0 Å². The van der Waals surface area contributed by atoms with Crippen LogP contribution in [0.25, 0.3) is 0 Å². The van der Waals surface area contributed by atoms with Crippen molar-refractivity contribution in [2.45, 2.75) is 13.8 Å². The maximum atomic E-state index is 3.54. The number of benzene rings is 2. The molecule has 2 heteroatoms. The molecular formula is C16H20NP. The molecule has 0 heterocycles. The highest BCUT2D eigenvalue weighted by Crippen LogP contribution is 2.36. The van der Waals surface area contributed by atoms with Gasteiger partial charge in [-0.15, -0.1) is 0 Å². The van der Waals surface area contributed by atoms with Crippen molar-refractivity contribution in [1.29, 1.82) is 0 Å². The molecule has 0 unspecified atom stereocenters. The molecule has 0 aliphatic rings. The Balaban J connectivity index is 2.28. The van der Waals surface area contributed by atoms with E-state index in [9.17, 15) is 0 Å². The first-order valence-electron chi connectivity index (χ1n) is 6.51. The zero-order valence-electron chi connectivity index (χ0n) is 11.1. The number of anilines is 2. The summed E-state index contributed by atoms with van der Waals surface area (Å²) >= 11 is 0. The molecule has 0 spiro atoms. The fourth-order valence-electron chi connectivity index (χ4n) is 2.10. The van der Waals surface area contributed by atoms with Gasteiger partial charge in [-0.25, -0.2) is 0 Å². The zero-order chi connectivity index (χ0) is 12.8. The molecule has 2 aromatic rings. The Kier molecular flexibility index (Phi) is 4.78. The second-order valence-electron chi connectivity index (χ2n) is 4.18. The van der Waals surface area contributed by atoms with Gasteiger partial charge in [-0.2, -0.15) is 0 Å². The van der Waals surface area contributed by atoms with Crippen LogP contribution in [0.4, 0.5) is 11.4 Å². The van der Waals surface area contributed by atoms with Gasteiger partial charge in [0.1, 0.15) is 0 Å². The van der Waals surface area contributed by atoms with Gasteiger partial charge in [0.25, 0.3) is 0 Å². The molecule has 1 nitrogen and oxygen atoms in total. The first-order valence-corrected chi connectivity index (χ1v) is 8.22. The third-order valence-electron chi connectivity index (χ3n) is 3.06. The lowest BCUT2D eigenvalue weighted by molar-refractivity contribution is 1.42. The van der Waals surface area contributed by atoms with E-state index in [2.05, 4.69) is 67.7 Å². The second kappa shape index (κ2) is 6.56. The van der Waals surface area contributed by atoms with Crippen molar-refractivity contribution in [2.75, 3.05) is 17.6 Å². The van der Waals surface area contributed by atoms with E-state index < -0.39 is 0 Å². The highest BCUT2D eigenvalue weighted by molar-refractivity contribution is 7.65. The van der Waals surface area contributed by atoms with Gasteiger partial charge in [0, 0.05) is 11.4 Å². The minimum atomic E-state index is -0.0308. The van der Waals surface area contributed by atoms with E-state index in [0.29, 0.717) is 0 Å². The van der Waals surface area contributed by atoms with E-state index in [1.54, 1.807) is 0 Å². The van der Waals surface area contributed by atoms with Crippen molar-refractivity contribution in [2.24, 2.45) is 0 Å². The van der Waals surface area contributed by atoms with Crippen molar-refractivity contribution in [3.05, 3.63) is 54.6 Å². The summed E-state index contributed by atoms with van der Waals surface area (Å²) in [7, 11) is -0.0308. The van der Waals surface area contributed by atoms with E-state index in [-0.39, 0.29) is 7.92 Å². The van der Waals surface area contributed by atoms with Crippen molar-refractivity contribution in [1.82, 2.24) is 0 Å². The van der Waals surface area contributed by atoms with Crippen LogP contribution in [-0.2, 0) is 0 Å². The summed E-state index contributed by atoms with van der Waals surface area (Å²) in [5.41, 5.74) is 2.42. The monoisotopic (exact) mass is 257 g/mol. The van der Waals surface area contributed by atoms with Gasteiger partial charge in [-0.3, -0.25) is 0 Å².